The fourth-order valence-corrected chi connectivity index (χ4v) is 2.26. The summed E-state index contributed by atoms with van der Waals surface area (Å²) in [5.74, 6) is -1.00. The summed E-state index contributed by atoms with van der Waals surface area (Å²) in [7, 11) is 0. The lowest BCUT2D eigenvalue weighted by Crippen LogP contribution is -2.23. The molecule has 0 saturated carbocycles. The Kier molecular flexibility index (Phi) is 4.52. The second-order valence-corrected chi connectivity index (χ2v) is 4.67. The molecule has 1 aliphatic rings. The Morgan fingerprint density at radius 2 is 2.35 bits per heavy atom. The van der Waals surface area contributed by atoms with E-state index < -0.39 is 16.6 Å². The van der Waals surface area contributed by atoms with E-state index in [0.29, 0.717) is 18.4 Å². The predicted octanol–water partition coefficient (Wildman–Crippen LogP) is 1.81. The second kappa shape index (κ2) is 6.33. The van der Waals surface area contributed by atoms with E-state index in [2.05, 4.69) is 5.32 Å². The monoisotopic (exact) mass is 280 g/mol. The molecule has 1 aliphatic heterocycles. The minimum absolute atomic E-state index is 0.319. The minimum Gasteiger partial charge on any atom is -0.493 e. The molecule has 0 spiro atoms. The van der Waals surface area contributed by atoms with Crippen LogP contribution in [-0.4, -0.2) is 35.2 Å². The molecule has 7 nitrogen and oxygen atoms in total. The van der Waals surface area contributed by atoms with E-state index >= 15 is 0 Å². The van der Waals surface area contributed by atoms with E-state index in [1.165, 1.54) is 12.1 Å². The maximum absolute atomic E-state index is 10.9. The van der Waals surface area contributed by atoms with Gasteiger partial charge in [-0.1, -0.05) is 0 Å². The van der Waals surface area contributed by atoms with E-state index in [1.807, 2.05) is 0 Å². The maximum atomic E-state index is 10.9. The maximum Gasteiger partial charge on any atom is 0.342 e. The number of nitro groups is 1. The number of rotatable bonds is 6. The van der Waals surface area contributed by atoms with Crippen LogP contribution in [0.4, 0.5) is 5.69 Å². The summed E-state index contributed by atoms with van der Waals surface area (Å²) in [6, 6.07) is 4.23. The average molecular weight is 280 g/mol. The summed E-state index contributed by atoms with van der Waals surface area (Å²) in [4.78, 5) is 21.0. The Labute approximate surface area is 115 Å². The highest BCUT2D eigenvalue weighted by Gasteiger charge is 2.20. The van der Waals surface area contributed by atoms with Crippen molar-refractivity contribution in [1.82, 2.24) is 5.32 Å². The van der Waals surface area contributed by atoms with Gasteiger partial charge in [0.25, 0.3) is 5.69 Å². The molecular weight excluding hydrogens is 264 g/mol. The van der Waals surface area contributed by atoms with Crippen molar-refractivity contribution in [1.29, 1.82) is 0 Å². The van der Waals surface area contributed by atoms with Gasteiger partial charge in [0, 0.05) is 6.04 Å². The highest BCUT2D eigenvalue weighted by atomic mass is 16.6. The first-order valence-electron chi connectivity index (χ1n) is 6.46. The number of hydrogen-bond donors (Lipinski definition) is 2. The SMILES string of the molecule is O=C(O)c1ccc(OCCC2CCCN2)cc1[N+](=O)[O-]. The van der Waals surface area contributed by atoms with Gasteiger partial charge >= 0.3 is 5.97 Å². The Hall–Kier alpha value is -2.15. The lowest BCUT2D eigenvalue weighted by atomic mass is 10.1. The molecule has 0 bridgehead atoms. The van der Waals surface area contributed by atoms with Gasteiger partial charge < -0.3 is 15.2 Å². The third-order valence-electron chi connectivity index (χ3n) is 3.29. The molecule has 0 amide bonds. The van der Waals surface area contributed by atoms with E-state index in [-0.39, 0.29) is 5.56 Å². The average Bonchev–Trinajstić information content (AvgIpc) is 2.91. The number of ether oxygens (including phenoxy) is 1. The number of aromatic carboxylic acids is 1. The van der Waals surface area contributed by atoms with Gasteiger partial charge in [-0.3, -0.25) is 10.1 Å². The quantitative estimate of drug-likeness (QED) is 0.608. The van der Waals surface area contributed by atoms with E-state index in [0.717, 1.165) is 31.9 Å². The van der Waals surface area contributed by atoms with Gasteiger partial charge in [-0.05, 0) is 37.9 Å². The Morgan fingerprint density at radius 3 is 2.95 bits per heavy atom. The van der Waals surface area contributed by atoms with Gasteiger partial charge in [0.15, 0.2) is 0 Å². The van der Waals surface area contributed by atoms with Crippen LogP contribution in [0.3, 0.4) is 0 Å². The normalized spacial score (nSPS) is 17.9. The summed E-state index contributed by atoms with van der Waals surface area (Å²) in [6.07, 6.45) is 3.10. The summed E-state index contributed by atoms with van der Waals surface area (Å²) in [5, 5.41) is 23.0. The third kappa shape index (κ3) is 3.45. The molecule has 108 valence electrons. The number of benzene rings is 1. The topological polar surface area (TPSA) is 102 Å². The standard InChI is InChI=1S/C13H16N2O5/c16-13(17)11-4-3-10(8-12(11)15(18)19)20-7-5-9-2-1-6-14-9/h3-4,8-9,14H,1-2,5-7H2,(H,16,17). The van der Waals surface area contributed by atoms with Crippen molar-refractivity contribution in [3.63, 3.8) is 0 Å². The van der Waals surface area contributed by atoms with E-state index in [1.54, 1.807) is 0 Å². The molecule has 2 N–H and O–H groups in total. The number of hydrogen-bond acceptors (Lipinski definition) is 5. The Balaban J connectivity index is 1.99. The van der Waals surface area contributed by atoms with Gasteiger partial charge in [-0.25, -0.2) is 4.79 Å². The number of carbonyl (C=O) groups is 1. The van der Waals surface area contributed by atoms with Crippen molar-refractivity contribution in [2.45, 2.75) is 25.3 Å². The molecule has 0 aliphatic carbocycles. The molecule has 20 heavy (non-hydrogen) atoms. The molecule has 1 saturated heterocycles. The Bertz CT molecular complexity index is 511. The lowest BCUT2D eigenvalue weighted by Gasteiger charge is -2.11. The zero-order valence-corrected chi connectivity index (χ0v) is 10.9. The van der Waals surface area contributed by atoms with Crippen LogP contribution in [0.1, 0.15) is 29.6 Å². The molecular formula is C13H16N2O5. The van der Waals surface area contributed by atoms with Crippen molar-refractivity contribution in [3.05, 3.63) is 33.9 Å². The zero-order valence-electron chi connectivity index (χ0n) is 10.9. The highest BCUT2D eigenvalue weighted by Crippen LogP contribution is 2.25. The third-order valence-corrected chi connectivity index (χ3v) is 3.29. The fourth-order valence-electron chi connectivity index (χ4n) is 2.26. The van der Waals surface area contributed by atoms with Crippen LogP contribution in [0.25, 0.3) is 0 Å². The van der Waals surface area contributed by atoms with Crippen LogP contribution < -0.4 is 10.1 Å². The first kappa shape index (κ1) is 14.3. The van der Waals surface area contributed by atoms with Crippen LogP contribution >= 0.6 is 0 Å². The summed E-state index contributed by atoms with van der Waals surface area (Å²) < 4.78 is 5.46. The molecule has 1 atom stereocenters. The van der Waals surface area contributed by atoms with Crippen LogP contribution in [0, 0.1) is 10.1 Å². The molecule has 1 aromatic carbocycles. The van der Waals surface area contributed by atoms with Gasteiger partial charge in [-0.2, -0.15) is 0 Å². The van der Waals surface area contributed by atoms with E-state index in [9.17, 15) is 14.9 Å². The van der Waals surface area contributed by atoms with Crippen molar-refractivity contribution in [2.24, 2.45) is 0 Å². The van der Waals surface area contributed by atoms with Crippen LogP contribution in [0.5, 0.6) is 5.75 Å². The summed E-state index contributed by atoms with van der Waals surface area (Å²) >= 11 is 0. The molecule has 2 rings (SSSR count). The zero-order chi connectivity index (χ0) is 14.5. The molecule has 1 fully saturated rings. The van der Waals surface area contributed by atoms with Crippen LogP contribution in [0.15, 0.2) is 18.2 Å². The first-order chi connectivity index (χ1) is 9.58. The molecule has 0 aromatic heterocycles. The molecule has 0 radical (unpaired) electrons. The number of carboxylic acids is 1. The van der Waals surface area contributed by atoms with Gasteiger partial charge in [-0.15, -0.1) is 0 Å². The van der Waals surface area contributed by atoms with E-state index in [4.69, 9.17) is 9.84 Å². The van der Waals surface area contributed by atoms with Gasteiger partial charge in [0.2, 0.25) is 0 Å². The van der Waals surface area contributed by atoms with Crippen molar-refractivity contribution in [3.8, 4) is 5.75 Å². The van der Waals surface area contributed by atoms with Crippen LogP contribution in [0.2, 0.25) is 0 Å². The van der Waals surface area contributed by atoms with Crippen LogP contribution in [-0.2, 0) is 0 Å². The fraction of sp³-hybridized carbons (Fsp3) is 0.462. The van der Waals surface area contributed by atoms with Gasteiger partial charge in [0.05, 0.1) is 17.6 Å². The molecule has 1 unspecified atom stereocenters. The summed E-state index contributed by atoms with van der Waals surface area (Å²) in [5.41, 5.74) is -0.784. The molecule has 1 heterocycles. The summed E-state index contributed by atoms with van der Waals surface area (Å²) in [6.45, 7) is 1.46. The van der Waals surface area contributed by atoms with Crippen molar-refractivity contribution >= 4 is 11.7 Å². The predicted molar refractivity (Wildman–Crippen MR) is 71.2 cm³/mol. The van der Waals surface area contributed by atoms with Gasteiger partial charge in [0.1, 0.15) is 11.3 Å². The second-order valence-electron chi connectivity index (χ2n) is 4.67. The number of nitrogens with one attached hydrogen (secondary N) is 1. The minimum atomic E-state index is -1.32. The Morgan fingerprint density at radius 1 is 1.55 bits per heavy atom. The highest BCUT2D eigenvalue weighted by molar-refractivity contribution is 5.92. The first-order valence-corrected chi connectivity index (χ1v) is 6.46. The lowest BCUT2D eigenvalue weighted by molar-refractivity contribution is -0.385. The number of carboxylic acid groups (broad SMARTS) is 1. The smallest absolute Gasteiger partial charge is 0.342 e. The number of nitrogens with zero attached hydrogens (tertiary/aromatic N) is 1. The van der Waals surface area contributed by atoms with Crippen molar-refractivity contribution in [2.75, 3.05) is 13.2 Å². The molecule has 7 heteroatoms. The van der Waals surface area contributed by atoms with Crippen molar-refractivity contribution < 1.29 is 19.6 Å². The molecule has 1 aromatic rings. The largest absolute Gasteiger partial charge is 0.493 e. The number of nitro benzene ring substituents is 1.